The lowest BCUT2D eigenvalue weighted by Crippen LogP contribution is -2.69. The van der Waals surface area contributed by atoms with E-state index in [1.807, 2.05) is 15.5 Å². The van der Waals surface area contributed by atoms with Crippen LogP contribution >= 0.6 is 11.6 Å². The molecule has 2 saturated heterocycles. The highest BCUT2D eigenvalue weighted by Gasteiger charge is 2.64. The van der Waals surface area contributed by atoms with E-state index in [2.05, 4.69) is 10.2 Å². The van der Waals surface area contributed by atoms with Crippen molar-refractivity contribution in [2.75, 3.05) is 31.2 Å². The molecule has 0 unspecified atom stereocenters. The highest BCUT2D eigenvalue weighted by atomic mass is 35.5. The van der Waals surface area contributed by atoms with Crippen molar-refractivity contribution in [3.05, 3.63) is 69.8 Å². The molecule has 7 rings (SSSR count). The molecule has 3 fully saturated rings. The molecular weight excluding hydrogens is 541 g/mol. The Morgan fingerprint density at radius 1 is 1.00 bits per heavy atom. The number of anilines is 1. The molecule has 3 aromatic rings. The van der Waals surface area contributed by atoms with Crippen molar-refractivity contribution in [2.24, 2.45) is 5.41 Å². The number of benzene rings is 2. The summed E-state index contributed by atoms with van der Waals surface area (Å²) in [4.78, 5) is 3.31. The number of rotatable bonds is 3. The Morgan fingerprint density at radius 2 is 1.72 bits per heavy atom. The van der Waals surface area contributed by atoms with Gasteiger partial charge in [-0.2, -0.15) is 13.2 Å². The first-order valence-corrected chi connectivity index (χ1v) is 13.2. The van der Waals surface area contributed by atoms with E-state index in [0.29, 0.717) is 41.0 Å². The molecule has 0 amide bonds. The van der Waals surface area contributed by atoms with E-state index in [4.69, 9.17) is 16.3 Å². The van der Waals surface area contributed by atoms with Crippen LogP contribution in [0.15, 0.2) is 30.3 Å². The molecule has 39 heavy (non-hydrogen) atoms. The maximum Gasteiger partial charge on any atom is 0.411 e. The Bertz CT molecular complexity index is 1470. The summed E-state index contributed by atoms with van der Waals surface area (Å²) in [6.45, 7) is 1.90. The second-order valence-corrected chi connectivity index (χ2v) is 11.9. The molecule has 0 bridgehead atoms. The van der Waals surface area contributed by atoms with Crippen LogP contribution in [0.25, 0.3) is 5.69 Å². The lowest BCUT2D eigenvalue weighted by atomic mass is 9.57. The van der Waals surface area contributed by atoms with Gasteiger partial charge in [-0.25, -0.2) is 8.78 Å². The Morgan fingerprint density at radius 3 is 2.38 bits per heavy atom. The average Bonchev–Trinajstić information content (AvgIpc) is 3.11. The molecule has 6 nitrogen and oxygen atoms in total. The van der Waals surface area contributed by atoms with Crippen molar-refractivity contribution in [3.8, 4) is 5.69 Å². The van der Waals surface area contributed by atoms with Crippen LogP contribution in [0.2, 0.25) is 5.02 Å². The van der Waals surface area contributed by atoms with Gasteiger partial charge < -0.3 is 9.64 Å². The topological polar surface area (TPSA) is 46.4 Å². The lowest BCUT2D eigenvalue weighted by molar-refractivity contribution is -0.310. The van der Waals surface area contributed by atoms with Crippen LogP contribution in [0.4, 0.5) is 27.6 Å². The molecule has 4 aliphatic rings. The molecule has 206 valence electrons. The van der Waals surface area contributed by atoms with E-state index in [1.54, 1.807) is 12.1 Å². The van der Waals surface area contributed by atoms with Crippen molar-refractivity contribution in [1.82, 2.24) is 19.7 Å². The number of halogens is 6. The lowest BCUT2D eigenvalue weighted by Gasteiger charge is -2.59. The first kappa shape index (κ1) is 25.2. The van der Waals surface area contributed by atoms with Crippen molar-refractivity contribution in [1.29, 1.82) is 0 Å². The normalized spacial score (nSPS) is 22.0. The van der Waals surface area contributed by atoms with Gasteiger partial charge in [0.25, 0.3) is 0 Å². The number of alkyl halides is 3. The summed E-state index contributed by atoms with van der Waals surface area (Å²) < 4.78 is 77.9. The van der Waals surface area contributed by atoms with E-state index in [0.717, 1.165) is 18.5 Å². The van der Waals surface area contributed by atoms with Crippen LogP contribution in [0.1, 0.15) is 41.5 Å². The zero-order valence-electron chi connectivity index (χ0n) is 21.0. The highest BCUT2D eigenvalue weighted by Crippen LogP contribution is 2.57. The highest BCUT2D eigenvalue weighted by molar-refractivity contribution is 6.30. The third-order valence-corrected chi connectivity index (χ3v) is 9.20. The van der Waals surface area contributed by atoms with Crippen LogP contribution in [-0.4, -0.2) is 57.7 Å². The largest absolute Gasteiger partial charge is 0.411 e. The van der Waals surface area contributed by atoms with Crippen molar-refractivity contribution >= 4 is 17.3 Å². The first-order chi connectivity index (χ1) is 18.5. The number of fused-ring (bicyclic) bond motifs is 3. The summed E-state index contributed by atoms with van der Waals surface area (Å²) in [5, 5.41) is 9.27. The number of ether oxygens (including phenoxy) is 1. The number of nitrogens with zero attached hydrogens (tertiary/aromatic N) is 5. The Labute approximate surface area is 226 Å². The second kappa shape index (κ2) is 8.37. The third kappa shape index (κ3) is 3.65. The van der Waals surface area contributed by atoms with Crippen molar-refractivity contribution in [2.45, 2.75) is 50.5 Å². The van der Waals surface area contributed by atoms with Crippen LogP contribution in [-0.2, 0) is 17.8 Å². The molecule has 12 heteroatoms. The molecule has 3 aliphatic heterocycles. The minimum atomic E-state index is -4.47. The SMILES string of the molecule is Cc1c(F)ccc(N2CC3(CC(c4nnc5n4-c4ccc(Cl)cc4CN(C4(C(F)(F)F)COC4)C5)C3)C2)c1F. The van der Waals surface area contributed by atoms with Gasteiger partial charge >= 0.3 is 6.18 Å². The summed E-state index contributed by atoms with van der Waals surface area (Å²) in [5.74, 6) is 0.133. The summed E-state index contributed by atoms with van der Waals surface area (Å²) in [6.07, 6.45) is -2.87. The van der Waals surface area contributed by atoms with Crippen LogP contribution in [0, 0.1) is 24.0 Å². The van der Waals surface area contributed by atoms with Gasteiger partial charge in [0.1, 0.15) is 11.6 Å². The van der Waals surface area contributed by atoms with E-state index < -0.39 is 36.6 Å². The Kier molecular flexibility index (Phi) is 5.42. The van der Waals surface area contributed by atoms with E-state index in [9.17, 15) is 22.0 Å². The fourth-order valence-corrected chi connectivity index (χ4v) is 6.86. The van der Waals surface area contributed by atoms with Gasteiger partial charge in [0.2, 0.25) is 0 Å². The average molecular weight is 566 g/mol. The fraction of sp³-hybridized carbons (Fsp3) is 0.481. The molecule has 1 aromatic heterocycles. The Balaban J connectivity index is 1.16. The van der Waals surface area contributed by atoms with E-state index in [1.165, 1.54) is 24.0 Å². The molecule has 0 atom stereocenters. The van der Waals surface area contributed by atoms with Gasteiger partial charge in [-0.15, -0.1) is 10.2 Å². The zero-order valence-corrected chi connectivity index (χ0v) is 21.8. The van der Waals surface area contributed by atoms with Gasteiger partial charge in [0, 0.05) is 41.6 Å². The van der Waals surface area contributed by atoms with E-state index in [-0.39, 0.29) is 30.0 Å². The maximum atomic E-state index is 14.6. The fourth-order valence-electron chi connectivity index (χ4n) is 6.67. The first-order valence-electron chi connectivity index (χ1n) is 12.8. The molecule has 1 aliphatic carbocycles. The molecule has 0 N–H and O–H groups in total. The molecule has 0 radical (unpaired) electrons. The van der Waals surface area contributed by atoms with Crippen molar-refractivity contribution < 1.29 is 26.7 Å². The zero-order chi connectivity index (χ0) is 27.3. The summed E-state index contributed by atoms with van der Waals surface area (Å²) in [7, 11) is 0. The van der Waals surface area contributed by atoms with E-state index >= 15 is 0 Å². The molecule has 1 spiro atoms. The van der Waals surface area contributed by atoms with Gasteiger partial charge in [-0.3, -0.25) is 9.47 Å². The van der Waals surface area contributed by atoms with Crippen molar-refractivity contribution in [3.63, 3.8) is 0 Å². The minimum absolute atomic E-state index is 0.00497. The summed E-state index contributed by atoms with van der Waals surface area (Å²) in [6, 6.07) is 8.01. The molecule has 2 aromatic carbocycles. The predicted molar refractivity (Wildman–Crippen MR) is 133 cm³/mol. The van der Waals surface area contributed by atoms with Crippen LogP contribution in [0.5, 0.6) is 0 Å². The number of hydrogen-bond acceptors (Lipinski definition) is 5. The number of aromatic nitrogens is 3. The maximum absolute atomic E-state index is 14.6. The standard InChI is InChI=1S/C27H25ClF5N5O/c1-15-19(29)3-5-21(23(15)30)36-11-25(12-36)7-17(8-25)24-35-34-22-10-37(26(13-39-14-26)27(31,32)33)9-16-6-18(28)2-4-20(16)38(22)24/h2-6,17H,7-14H2,1H3. The quantitative estimate of drug-likeness (QED) is 0.390. The predicted octanol–water partition coefficient (Wildman–Crippen LogP) is 5.54. The smallest absolute Gasteiger partial charge is 0.377 e. The second-order valence-electron chi connectivity index (χ2n) is 11.4. The minimum Gasteiger partial charge on any atom is -0.377 e. The molecule has 4 heterocycles. The number of hydrogen-bond donors (Lipinski definition) is 0. The monoisotopic (exact) mass is 565 g/mol. The molecular formula is C27H25ClF5N5O. The Hall–Kier alpha value is -2.76. The summed E-state index contributed by atoms with van der Waals surface area (Å²) >= 11 is 6.27. The van der Waals surface area contributed by atoms with Crippen LogP contribution in [0.3, 0.4) is 0 Å². The molecule has 1 saturated carbocycles. The van der Waals surface area contributed by atoms with Gasteiger partial charge in [0.15, 0.2) is 17.2 Å². The summed E-state index contributed by atoms with van der Waals surface area (Å²) in [5.41, 5.74) is -0.269. The van der Waals surface area contributed by atoms with Gasteiger partial charge in [-0.1, -0.05) is 11.6 Å². The third-order valence-electron chi connectivity index (χ3n) is 8.96. The van der Waals surface area contributed by atoms with Crippen LogP contribution < -0.4 is 4.90 Å². The van der Waals surface area contributed by atoms with Gasteiger partial charge in [0.05, 0.1) is 31.1 Å². The van der Waals surface area contributed by atoms with Gasteiger partial charge in [-0.05, 0) is 55.7 Å².